The maximum absolute atomic E-state index is 11.1. The third-order valence-electron chi connectivity index (χ3n) is 2.82. The fourth-order valence-electron chi connectivity index (χ4n) is 1.76. The van der Waals surface area contributed by atoms with Gasteiger partial charge in [0.05, 0.1) is 0 Å². The van der Waals surface area contributed by atoms with Crippen molar-refractivity contribution in [3.05, 3.63) is 57.6 Å². The second-order valence-electron chi connectivity index (χ2n) is 4.36. The second kappa shape index (κ2) is 5.45. The SMILES string of the molecule is Cc1cc(Br)ccc1Oc1ccc(C(N)=O)cc1C. The van der Waals surface area contributed by atoms with Crippen LogP contribution in [-0.2, 0) is 0 Å². The first-order chi connectivity index (χ1) is 8.97. The molecule has 2 aromatic carbocycles. The van der Waals surface area contributed by atoms with Crippen molar-refractivity contribution in [2.45, 2.75) is 13.8 Å². The average molecular weight is 320 g/mol. The van der Waals surface area contributed by atoms with E-state index in [4.69, 9.17) is 10.5 Å². The van der Waals surface area contributed by atoms with Crippen LogP contribution in [-0.4, -0.2) is 5.91 Å². The monoisotopic (exact) mass is 319 g/mol. The molecule has 0 fully saturated rings. The lowest BCUT2D eigenvalue weighted by Gasteiger charge is -2.11. The molecule has 2 N–H and O–H groups in total. The van der Waals surface area contributed by atoms with Crippen molar-refractivity contribution in [1.29, 1.82) is 0 Å². The van der Waals surface area contributed by atoms with Gasteiger partial charge in [-0.3, -0.25) is 4.79 Å². The summed E-state index contributed by atoms with van der Waals surface area (Å²) in [4.78, 5) is 11.1. The number of hydrogen-bond donors (Lipinski definition) is 1. The Hall–Kier alpha value is -1.81. The Kier molecular flexibility index (Phi) is 3.90. The van der Waals surface area contributed by atoms with Crippen LogP contribution < -0.4 is 10.5 Å². The first-order valence-corrected chi connectivity index (χ1v) is 6.61. The number of halogens is 1. The minimum atomic E-state index is -0.436. The summed E-state index contributed by atoms with van der Waals surface area (Å²) in [5, 5.41) is 0. The van der Waals surface area contributed by atoms with E-state index in [0.717, 1.165) is 27.1 Å². The van der Waals surface area contributed by atoms with Gasteiger partial charge in [0.25, 0.3) is 0 Å². The number of carbonyl (C=O) groups is 1. The van der Waals surface area contributed by atoms with E-state index in [-0.39, 0.29) is 0 Å². The van der Waals surface area contributed by atoms with Crippen LogP contribution in [0.1, 0.15) is 21.5 Å². The summed E-state index contributed by atoms with van der Waals surface area (Å²) < 4.78 is 6.87. The molecular formula is C15H14BrNO2. The van der Waals surface area contributed by atoms with Gasteiger partial charge in [-0.25, -0.2) is 0 Å². The standard InChI is InChI=1S/C15H14BrNO2/c1-9-7-11(15(17)18)3-5-13(9)19-14-6-4-12(16)8-10(14)2/h3-8H,1-2H3,(H2,17,18). The molecule has 0 unspecified atom stereocenters. The van der Waals surface area contributed by atoms with Crippen molar-refractivity contribution in [2.24, 2.45) is 5.73 Å². The number of amides is 1. The number of primary amides is 1. The van der Waals surface area contributed by atoms with E-state index in [2.05, 4.69) is 15.9 Å². The van der Waals surface area contributed by atoms with Gasteiger partial charge in [0, 0.05) is 10.0 Å². The molecule has 0 bridgehead atoms. The quantitative estimate of drug-likeness (QED) is 0.931. The van der Waals surface area contributed by atoms with Crippen LogP contribution in [0.5, 0.6) is 11.5 Å². The fraction of sp³-hybridized carbons (Fsp3) is 0.133. The first kappa shape index (κ1) is 13.6. The Morgan fingerprint density at radius 1 is 1.05 bits per heavy atom. The highest BCUT2D eigenvalue weighted by atomic mass is 79.9. The molecule has 2 aromatic rings. The van der Waals surface area contributed by atoms with Crippen LogP contribution >= 0.6 is 15.9 Å². The molecule has 0 aromatic heterocycles. The second-order valence-corrected chi connectivity index (χ2v) is 5.27. The van der Waals surface area contributed by atoms with Gasteiger partial charge < -0.3 is 10.5 Å². The summed E-state index contributed by atoms with van der Waals surface area (Å²) in [7, 11) is 0. The van der Waals surface area contributed by atoms with Crippen LogP contribution in [0.3, 0.4) is 0 Å². The van der Waals surface area contributed by atoms with Crippen molar-refractivity contribution in [3.8, 4) is 11.5 Å². The summed E-state index contributed by atoms with van der Waals surface area (Å²) in [5.74, 6) is 1.07. The van der Waals surface area contributed by atoms with Gasteiger partial charge in [-0.1, -0.05) is 15.9 Å². The Morgan fingerprint density at radius 3 is 2.16 bits per heavy atom. The van der Waals surface area contributed by atoms with Crippen LogP contribution in [0.25, 0.3) is 0 Å². The number of benzene rings is 2. The van der Waals surface area contributed by atoms with Crippen molar-refractivity contribution in [2.75, 3.05) is 0 Å². The van der Waals surface area contributed by atoms with Crippen LogP contribution in [0, 0.1) is 13.8 Å². The topological polar surface area (TPSA) is 52.3 Å². The molecule has 4 heteroatoms. The molecule has 98 valence electrons. The minimum absolute atomic E-state index is 0.436. The average Bonchev–Trinajstić information content (AvgIpc) is 2.34. The third-order valence-corrected chi connectivity index (χ3v) is 3.31. The lowest BCUT2D eigenvalue weighted by molar-refractivity contribution is 0.1000. The lowest BCUT2D eigenvalue weighted by atomic mass is 10.1. The molecule has 0 spiro atoms. The highest BCUT2D eigenvalue weighted by Gasteiger charge is 2.07. The summed E-state index contributed by atoms with van der Waals surface area (Å²) in [6.45, 7) is 3.86. The van der Waals surface area contributed by atoms with Crippen molar-refractivity contribution < 1.29 is 9.53 Å². The van der Waals surface area contributed by atoms with E-state index in [1.54, 1.807) is 18.2 Å². The molecule has 19 heavy (non-hydrogen) atoms. The van der Waals surface area contributed by atoms with Gasteiger partial charge in [-0.2, -0.15) is 0 Å². The van der Waals surface area contributed by atoms with E-state index in [0.29, 0.717) is 5.56 Å². The summed E-state index contributed by atoms with van der Waals surface area (Å²) >= 11 is 3.41. The van der Waals surface area contributed by atoms with Crippen molar-refractivity contribution in [1.82, 2.24) is 0 Å². The molecular weight excluding hydrogens is 306 g/mol. The molecule has 0 saturated heterocycles. The third kappa shape index (κ3) is 3.15. The molecule has 0 radical (unpaired) electrons. The smallest absolute Gasteiger partial charge is 0.248 e. The molecule has 0 aliphatic heterocycles. The minimum Gasteiger partial charge on any atom is -0.457 e. The highest BCUT2D eigenvalue weighted by Crippen LogP contribution is 2.29. The van der Waals surface area contributed by atoms with Crippen LogP contribution in [0.2, 0.25) is 0 Å². The Morgan fingerprint density at radius 2 is 1.63 bits per heavy atom. The molecule has 0 saturated carbocycles. The summed E-state index contributed by atoms with van der Waals surface area (Å²) in [6.07, 6.45) is 0. The molecule has 0 atom stereocenters. The largest absolute Gasteiger partial charge is 0.457 e. The summed E-state index contributed by atoms with van der Waals surface area (Å²) in [5.41, 5.74) is 7.63. The molecule has 2 rings (SSSR count). The van der Waals surface area contributed by atoms with Gasteiger partial charge in [-0.05, 0) is 61.4 Å². The van der Waals surface area contributed by atoms with Crippen LogP contribution in [0.4, 0.5) is 0 Å². The van der Waals surface area contributed by atoms with Crippen molar-refractivity contribution in [3.63, 3.8) is 0 Å². The van der Waals surface area contributed by atoms with Gasteiger partial charge in [0.15, 0.2) is 0 Å². The number of aryl methyl sites for hydroxylation is 2. The molecule has 0 aliphatic rings. The van der Waals surface area contributed by atoms with E-state index in [1.807, 2.05) is 32.0 Å². The zero-order valence-corrected chi connectivity index (χ0v) is 12.3. The van der Waals surface area contributed by atoms with E-state index in [9.17, 15) is 4.79 Å². The number of hydrogen-bond acceptors (Lipinski definition) is 2. The number of rotatable bonds is 3. The van der Waals surface area contributed by atoms with Crippen LogP contribution in [0.15, 0.2) is 40.9 Å². The molecule has 0 aliphatic carbocycles. The van der Waals surface area contributed by atoms with Gasteiger partial charge >= 0.3 is 0 Å². The molecule has 0 heterocycles. The van der Waals surface area contributed by atoms with Crippen molar-refractivity contribution >= 4 is 21.8 Å². The normalized spacial score (nSPS) is 10.3. The van der Waals surface area contributed by atoms with Gasteiger partial charge in [0.1, 0.15) is 11.5 Å². The molecule has 1 amide bonds. The fourth-order valence-corrected chi connectivity index (χ4v) is 2.24. The van der Waals surface area contributed by atoms with E-state index >= 15 is 0 Å². The lowest BCUT2D eigenvalue weighted by Crippen LogP contribution is -2.10. The number of nitrogens with two attached hydrogens (primary N) is 1. The van der Waals surface area contributed by atoms with E-state index in [1.165, 1.54) is 0 Å². The summed E-state index contributed by atoms with van der Waals surface area (Å²) in [6, 6.07) is 11.0. The maximum atomic E-state index is 11.1. The Labute approximate surface area is 120 Å². The predicted molar refractivity (Wildman–Crippen MR) is 78.6 cm³/mol. The number of ether oxygens (including phenoxy) is 1. The van der Waals surface area contributed by atoms with Gasteiger partial charge in [-0.15, -0.1) is 0 Å². The zero-order chi connectivity index (χ0) is 14.0. The highest BCUT2D eigenvalue weighted by molar-refractivity contribution is 9.10. The first-order valence-electron chi connectivity index (χ1n) is 5.82. The van der Waals surface area contributed by atoms with Gasteiger partial charge in [0.2, 0.25) is 5.91 Å². The molecule has 3 nitrogen and oxygen atoms in total. The Bertz CT molecular complexity index is 638. The number of carbonyl (C=O) groups excluding carboxylic acids is 1. The maximum Gasteiger partial charge on any atom is 0.248 e. The van der Waals surface area contributed by atoms with E-state index < -0.39 is 5.91 Å². The Balaban J connectivity index is 2.31. The zero-order valence-electron chi connectivity index (χ0n) is 10.7. The predicted octanol–water partition coefficient (Wildman–Crippen LogP) is 3.96.